The maximum Gasteiger partial charge on any atom is 0.158 e. The third-order valence-electron chi connectivity index (χ3n) is 7.39. The van der Waals surface area contributed by atoms with Crippen LogP contribution in [0.5, 0.6) is 0 Å². The standard InChI is InChI=1S/C31H48N2/c1-6-11-26-15-20-29(21-16-26)28(8-3)19-14-25(5)13-10-24-33-31(32-9-4)30-22-17-27(12-7-2)18-23-30/h9,14,17-18,22-24,26,28-29H,4,6-8,10-13,15-16,19-21H2,1-3,5H3/b25-14+,32-31-,33-24-. The molecule has 1 aromatic carbocycles. The first-order valence-electron chi connectivity index (χ1n) is 13.6. The molecule has 33 heavy (non-hydrogen) atoms. The smallest absolute Gasteiger partial charge is 0.158 e. The summed E-state index contributed by atoms with van der Waals surface area (Å²) in [6.45, 7) is 13.0. The van der Waals surface area contributed by atoms with Gasteiger partial charge in [-0.05, 0) is 68.8 Å². The summed E-state index contributed by atoms with van der Waals surface area (Å²) in [5.41, 5.74) is 3.91. The van der Waals surface area contributed by atoms with Crippen LogP contribution in [0.3, 0.4) is 0 Å². The fourth-order valence-electron chi connectivity index (χ4n) is 5.32. The summed E-state index contributed by atoms with van der Waals surface area (Å²) in [6.07, 6.45) is 21.6. The fraction of sp³-hybridized carbons (Fsp3) is 0.613. The molecular formula is C31H48N2. The van der Waals surface area contributed by atoms with Crippen molar-refractivity contribution in [3.05, 3.63) is 59.8 Å². The van der Waals surface area contributed by atoms with Crippen molar-refractivity contribution in [1.29, 1.82) is 0 Å². The molecule has 2 rings (SSSR count). The van der Waals surface area contributed by atoms with Crippen molar-refractivity contribution in [3.8, 4) is 0 Å². The Morgan fingerprint density at radius 1 is 1.06 bits per heavy atom. The second-order valence-corrected chi connectivity index (χ2v) is 9.96. The second kappa shape index (κ2) is 15.8. The van der Waals surface area contributed by atoms with Gasteiger partial charge in [-0.25, -0.2) is 9.98 Å². The van der Waals surface area contributed by atoms with Crippen LogP contribution in [0.15, 0.2) is 58.7 Å². The number of benzene rings is 1. The van der Waals surface area contributed by atoms with Gasteiger partial charge in [0.05, 0.1) is 0 Å². The molecule has 1 aromatic rings. The van der Waals surface area contributed by atoms with Crippen LogP contribution in [0.1, 0.15) is 109 Å². The van der Waals surface area contributed by atoms with Crippen molar-refractivity contribution in [2.75, 3.05) is 0 Å². The molecular weight excluding hydrogens is 400 g/mol. The van der Waals surface area contributed by atoms with Crippen LogP contribution in [0.4, 0.5) is 0 Å². The van der Waals surface area contributed by atoms with E-state index in [1.165, 1.54) is 62.5 Å². The van der Waals surface area contributed by atoms with E-state index in [1.54, 1.807) is 6.20 Å². The summed E-state index contributed by atoms with van der Waals surface area (Å²) in [4.78, 5) is 9.06. The summed E-state index contributed by atoms with van der Waals surface area (Å²) in [7, 11) is 0. The highest BCUT2D eigenvalue weighted by Gasteiger charge is 2.25. The van der Waals surface area contributed by atoms with Crippen LogP contribution in [0.2, 0.25) is 0 Å². The van der Waals surface area contributed by atoms with Gasteiger partial charge in [0.15, 0.2) is 5.84 Å². The predicted molar refractivity (Wildman–Crippen MR) is 147 cm³/mol. The van der Waals surface area contributed by atoms with Crippen molar-refractivity contribution < 1.29 is 0 Å². The van der Waals surface area contributed by atoms with Crippen molar-refractivity contribution in [2.45, 2.75) is 105 Å². The Kier molecular flexibility index (Phi) is 13.1. The number of hydrogen-bond donors (Lipinski definition) is 0. The van der Waals surface area contributed by atoms with E-state index in [-0.39, 0.29) is 0 Å². The van der Waals surface area contributed by atoms with Crippen molar-refractivity contribution in [3.63, 3.8) is 0 Å². The Balaban J connectivity index is 1.82. The molecule has 1 fully saturated rings. The molecule has 2 heteroatoms. The van der Waals surface area contributed by atoms with Crippen LogP contribution in [0.25, 0.3) is 0 Å². The summed E-state index contributed by atoms with van der Waals surface area (Å²) >= 11 is 0. The SMILES string of the molecule is C=C/N=C(\N=C/CC/C(C)=C/CC(CC)C1CCC(CCC)CC1)c1ccc(CCC)cc1. The van der Waals surface area contributed by atoms with E-state index in [1.807, 2.05) is 6.21 Å². The number of nitrogens with zero attached hydrogens (tertiary/aromatic N) is 2. The highest BCUT2D eigenvalue weighted by atomic mass is 14.9. The molecule has 1 saturated carbocycles. The zero-order valence-corrected chi connectivity index (χ0v) is 21.9. The minimum atomic E-state index is 0.749. The maximum atomic E-state index is 4.66. The van der Waals surface area contributed by atoms with Crippen LogP contribution in [0, 0.1) is 17.8 Å². The molecule has 0 aromatic heterocycles. The summed E-state index contributed by atoms with van der Waals surface area (Å²) in [5.74, 6) is 3.55. The molecule has 1 atom stereocenters. The highest BCUT2D eigenvalue weighted by molar-refractivity contribution is 6.03. The quantitative estimate of drug-likeness (QED) is 0.163. The normalized spacial score (nSPS) is 20.8. The van der Waals surface area contributed by atoms with Crippen LogP contribution >= 0.6 is 0 Å². The number of hydrogen-bond acceptors (Lipinski definition) is 1. The summed E-state index contributed by atoms with van der Waals surface area (Å²) < 4.78 is 0. The lowest BCUT2D eigenvalue weighted by Crippen LogP contribution is -2.21. The van der Waals surface area contributed by atoms with Gasteiger partial charge in [0.1, 0.15) is 0 Å². The molecule has 1 unspecified atom stereocenters. The van der Waals surface area contributed by atoms with E-state index >= 15 is 0 Å². The number of rotatable bonds is 13. The molecule has 0 radical (unpaired) electrons. The summed E-state index contributed by atoms with van der Waals surface area (Å²) in [6, 6.07) is 8.60. The average Bonchev–Trinajstić information content (AvgIpc) is 2.83. The minimum Gasteiger partial charge on any atom is -0.241 e. The van der Waals surface area contributed by atoms with Crippen molar-refractivity contribution in [1.82, 2.24) is 0 Å². The third-order valence-corrected chi connectivity index (χ3v) is 7.39. The predicted octanol–water partition coefficient (Wildman–Crippen LogP) is 9.35. The van der Waals surface area contributed by atoms with Crippen LogP contribution in [-0.2, 0) is 6.42 Å². The van der Waals surface area contributed by atoms with Crippen LogP contribution < -0.4 is 0 Å². The van der Waals surface area contributed by atoms with E-state index in [2.05, 4.69) is 74.6 Å². The van der Waals surface area contributed by atoms with E-state index in [0.717, 1.165) is 54.8 Å². The molecule has 0 amide bonds. The van der Waals surface area contributed by atoms with Gasteiger partial charge in [-0.1, -0.05) is 102 Å². The molecule has 182 valence electrons. The van der Waals surface area contributed by atoms with Crippen molar-refractivity contribution >= 4 is 12.1 Å². The maximum absolute atomic E-state index is 4.66. The first kappa shape index (κ1) is 27.3. The molecule has 0 heterocycles. The number of aliphatic imine (C=N–C) groups is 2. The Bertz CT molecular complexity index is 761. The van der Waals surface area contributed by atoms with Gasteiger partial charge >= 0.3 is 0 Å². The lowest BCUT2D eigenvalue weighted by molar-refractivity contribution is 0.194. The lowest BCUT2D eigenvalue weighted by Gasteiger charge is -2.33. The van der Waals surface area contributed by atoms with E-state index < -0.39 is 0 Å². The van der Waals surface area contributed by atoms with E-state index in [0.29, 0.717) is 0 Å². The van der Waals surface area contributed by atoms with Gasteiger partial charge in [-0.3, -0.25) is 0 Å². The highest BCUT2D eigenvalue weighted by Crippen LogP contribution is 2.38. The zero-order valence-electron chi connectivity index (χ0n) is 21.9. The lowest BCUT2D eigenvalue weighted by atomic mass is 9.73. The first-order valence-corrected chi connectivity index (χ1v) is 13.6. The van der Waals surface area contributed by atoms with E-state index in [4.69, 9.17) is 0 Å². The van der Waals surface area contributed by atoms with Gasteiger partial charge in [0, 0.05) is 18.0 Å². The molecule has 0 bridgehead atoms. The molecule has 1 aliphatic carbocycles. The van der Waals surface area contributed by atoms with Gasteiger partial charge in [0.2, 0.25) is 0 Å². The van der Waals surface area contributed by atoms with Gasteiger partial charge < -0.3 is 0 Å². The first-order chi connectivity index (χ1) is 16.1. The molecule has 0 N–H and O–H groups in total. The average molecular weight is 449 g/mol. The molecule has 0 saturated heterocycles. The molecule has 0 spiro atoms. The monoisotopic (exact) mass is 448 g/mol. The largest absolute Gasteiger partial charge is 0.241 e. The Labute approximate surface area is 204 Å². The molecule has 1 aliphatic rings. The fourth-order valence-corrected chi connectivity index (χ4v) is 5.32. The third kappa shape index (κ3) is 9.82. The van der Waals surface area contributed by atoms with Gasteiger partial charge in [-0.2, -0.15) is 0 Å². The molecule has 2 nitrogen and oxygen atoms in total. The second-order valence-electron chi connectivity index (χ2n) is 9.96. The van der Waals surface area contributed by atoms with Gasteiger partial charge in [-0.15, -0.1) is 0 Å². The number of amidine groups is 1. The van der Waals surface area contributed by atoms with E-state index in [9.17, 15) is 0 Å². The Morgan fingerprint density at radius 3 is 2.39 bits per heavy atom. The minimum absolute atomic E-state index is 0.749. The number of allylic oxidation sites excluding steroid dienone is 2. The topological polar surface area (TPSA) is 24.7 Å². The Morgan fingerprint density at radius 2 is 1.79 bits per heavy atom. The van der Waals surface area contributed by atoms with Gasteiger partial charge in [0.25, 0.3) is 0 Å². The number of aryl methyl sites for hydroxylation is 1. The molecule has 0 aliphatic heterocycles. The Hall–Kier alpha value is -1.96. The summed E-state index contributed by atoms with van der Waals surface area (Å²) in [5, 5.41) is 0. The zero-order chi connectivity index (χ0) is 23.9. The van der Waals surface area contributed by atoms with Crippen LogP contribution in [-0.4, -0.2) is 12.1 Å². The van der Waals surface area contributed by atoms with Crippen molar-refractivity contribution in [2.24, 2.45) is 27.7 Å².